The molecule has 0 amide bonds. The van der Waals surface area contributed by atoms with Crippen molar-refractivity contribution in [3.63, 3.8) is 0 Å². The predicted octanol–water partition coefficient (Wildman–Crippen LogP) is 1.75. The Balaban J connectivity index is 1.69. The lowest BCUT2D eigenvalue weighted by atomic mass is 10.0. The van der Waals surface area contributed by atoms with Crippen LogP contribution in [0.5, 0.6) is 0 Å². The maximum atomic E-state index is 13.5. The van der Waals surface area contributed by atoms with E-state index in [2.05, 4.69) is 21.5 Å². The molecule has 0 spiro atoms. The van der Waals surface area contributed by atoms with Gasteiger partial charge in [0.05, 0.1) is 6.20 Å². The van der Waals surface area contributed by atoms with E-state index < -0.39 is 0 Å². The van der Waals surface area contributed by atoms with Crippen molar-refractivity contribution in [2.24, 2.45) is 7.05 Å². The van der Waals surface area contributed by atoms with Crippen molar-refractivity contribution in [2.75, 3.05) is 26.2 Å². The summed E-state index contributed by atoms with van der Waals surface area (Å²) in [7, 11) is 1.93. The zero-order valence-corrected chi connectivity index (χ0v) is 12.3. The van der Waals surface area contributed by atoms with Crippen molar-refractivity contribution in [3.8, 4) is 0 Å². The zero-order valence-electron chi connectivity index (χ0n) is 12.3. The number of rotatable bonds is 4. The number of aromatic nitrogens is 2. The van der Waals surface area contributed by atoms with Gasteiger partial charge in [-0.3, -0.25) is 9.58 Å². The lowest BCUT2D eigenvalue weighted by Gasteiger charge is -2.36. The molecule has 1 fully saturated rings. The summed E-state index contributed by atoms with van der Waals surface area (Å²) in [6.07, 6.45) is 4.94. The number of nitrogens with one attached hydrogen (secondary N) is 1. The summed E-state index contributed by atoms with van der Waals surface area (Å²) in [4.78, 5) is 2.43. The molecule has 1 N–H and O–H groups in total. The molecule has 2 aromatic rings. The topological polar surface area (TPSA) is 33.1 Å². The number of nitrogens with zero attached hydrogens (tertiary/aromatic N) is 3. The fourth-order valence-electron chi connectivity index (χ4n) is 2.93. The van der Waals surface area contributed by atoms with Gasteiger partial charge in [0.1, 0.15) is 5.82 Å². The highest BCUT2D eigenvalue weighted by Crippen LogP contribution is 2.23. The molecule has 1 atom stereocenters. The minimum atomic E-state index is -0.162. The Hall–Kier alpha value is -1.72. The van der Waals surface area contributed by atoms with Gasteiger partial charge in [-0.1, -0.05) is 12.1 Å². The molecule has 0 radical (unpaired) electrons. The average Bonchev–Trinajstić information content (AvgIpc) is 2.91. The summed E-state index contributed by atoms with van der Waals surface area (Å²) in [5.74, 6) is -0.162. The lowest BCUT2D eigenvalue weighted by Crippen LogP contribution is -2.46. The number of aryl methyl sites for hydroxylation is 1. The van der Waals surface area contributed by atoms with Crippen LogP contribution in [0.3, 0.4) is 0 Å². The van der Waals surface area contributed by atoms with Crippen molar-refractivity contribution < 1.29 is 4.39 Å². The first-order valence-corrected chi connectivity index (χ1v) is 7.40. The van der Waals surface area contributed by atoms with E-state index in [1.807, 2.05) is 24.0 Å². The maximum absolute atomic E-state index is 13.5. The number of halogens is 1. The predicted molar refractivity (Wildman–Crippen MR) is 80.5 cm³/mol. The third kappa shape index (κ3) is 3.49. The summed E-state index contributed by atoms with van der Waals surface area (Å²) >= 11 is 0. The van der Waals surface area contributed by atoms with Gasteiger partial charge in [0.2, 0.25) is 0 Å². The first-order valence-electron chi connectivity index (χ1n) is 7.40. The fraction of sp³-hybridized carbons (Fsp3) is 0.438. The van der Waals surface area contributed by atoms with Crippen LogP contribution in [0.4, 0.5) is 4.39 Å². The molecule has 1 aromatic heterocycles. The molecule has 1 saturated heterocycles. The molecule has 4 nitrogen and oxygen atoms in total. The van der Waals surface area contributed by atoms with E-state index in [0.717, 1.165) is 38.2 Å². The molecule has 1 aromatic carbocycles. The summed E-state index contributed by atoms with van der Waals surface area (Å²) in [6.45, 7) is 3.81. The minimum Gasteiger partial charge on any atom is -0.314 e. The van der Waals surface area contributed by atoms with E-state index >= 15 is 0 Å². The summed E-state index contributed by atoms with van der Waals surface area (Å²) < 4.78 is 15.3. The highest BCUT2D eigenvalue weighted by Gasteiger charge is 2.23. The molecule has 21 heavy (non-hydrogen) atoms. The molecule has 3 rings (SSSR count). The molecule has 112 valence electrons. The molecule has 1 unspecified atom stereocenters. The van der Waals surface area contributed by atoms with Gasteiger partial charge in [0, 0.05) is 45.5 Å². The summed E-state index contributed by atoms with van der Waals surface area (Å²) in [5, 5.41) is 7.61. The quantitative estimate of drug-likeness (QED) is 0.930. The minimum absolute atomic E-state index is 0.162. The van der Waals surface area contributed by atoms with Crippen molar-refractivity contribution in [3.05, 3.63) is 53.6 Å². The van der Waals surface area contributed by atoms with Crippen LogP contribution in [0.1, 0.15) is 17.2 Å². The van der Waals surface area contributed by atoms with E-state index in [1.54, 1.807) is 12.1 Å². The normalized spacial score (nSPS) is 19.8. The van der Waals surface area contributed by atoms with Gasteiger partial charge in [-0.2, -0.15) is 5.10 Å². The summed E-state index contributed by atoms with van der Waals surface area (Å²) in [5.41, 5.74) is 2.29. The number of hydrogen-bond acceptors (Lipinski definition) is 3. The van der Waals surface area contributed by atoms with Gasteiger partial charge in [0.25, 0.3) is 0 Å². The number of hydrogen-bond donors (Lipinski definition) is 1. The second-order valence-corrected chi connectivity index (χ2v) is 5.58. The van der Waals surface area contributed by atoms with E-state index in [-0.39, 0.29) is 11.9 Å². The monoisotopic (exact) mass is 288 g/mol. The molecule has 0 bridgehead atoms. The second-order valence-electron chi connectivity index (χ2n) is 5.58. The first kappa shape index (κ1) is 14.2. The van der Waals surface area contributed by atoms with Crippen LogP contribution >= 0.6 is 0 Å². The Morgan fingerprint density at radius 3 is 3.10 bits per heavy atom. The fourth-order valence-corrected chi connectivity index (χ4v) is 2.93. The van der Waals surface area contributed by atoms with Gasteiger partial charge in [-0.05, 0) is 29.7 Å². The Morgan fingerprint density at radius 1 is 1.43 bits per heavy atom. The highest BCUT2D eigenvalue weighted by atomic mass is 19.1. The van der Waals surface area contributed by atoms with Crippen LogP contribution < -0.4 is 5.32 Å². The van der Waals surface area contributed by atoms with E-state index in [9.17, 15) is 4.39 Å². The van der Waals surface area contributed by atoms with Crippen LogP contribution in [-0.2, 0) is 13.5 Å². The van der Waals surface area contributed by atoms with Crippen LogP contribution in [0.15, 0.2) is 36.7 Å². The third-order valence-corrected chi connectivity index (χ3v) is 4.03. The second kappa shape index (κ2) is 6.37. The number of benzene rings is 1. The van der Waals surface area contributed by atoms with Gasteiger partial charge < -0.3 is 5.32 Å². The van der Waals surface area contributed by atoms with Gasteiger partial charge in [-0.15, -0.1) is 0 Å². The van der Waals surface area contributed by atoms with Crippen LogP contribution in [0.25, 0.3) is 0 Å². The maximum Gasteiger partial charge on any atom is 0.123 e. The van der Waals surface area contributed by atoms with Crippen LogP contribution in [-0.4, -0.2) is 40.9 Å². The molecule has 1 aliphatic rings. The van der Waals surface area contributed by atoms with E-state index in [4.69, 9.17) is 0 Å². The Morgan fingerprint density at radius 2 is 2.33 bits per heavy atom. The largest absolute Gasteiger partial charge is 0.314 e. The van der Waals surface area contributed by atoms with Crippen molar-refractivity contribution in [1.82, 2.24) is 20.0 Å². The van der Waals surface area contributed by atoms with Crippen molar-refractivity contribution in [1.29, 1.82) is 0 Å². The first-order chi connectivity index (χ1) is 10.2. The molecular formula is C16H21FN4. The smallest absolute Gasteiger partial charge is 0.123 e. The molecule has 1 aliphatic heterocycles. The van der Waals surface area contributed by atoms with Crippen LogP contribution in [0.2, 0.25) is 0 Å². The van der Waals surface area contributed by atoms with Gasteiger partial charge >= 0.3 is 0 Å². The molecule has 0 aliphatic carbocycles. The highest BCUT2D eigenvalue weighted by molar-refractivity contribution is 5.21. The molecule has 5 heteroatoms. The third-order valence-electron chi connectivity index (χ3n) is 4.03. The van der Waals surface area contributed by atoms with Crippen molar-refractivity contribution in [2.45, 2.75) is 12.5 Å². The average molecular weight is 288 g/mol. The molecule has 0 saturated carbocycles. The van der Waals surface area contributed by atoms with Crippen molar-refractivity contribution >= 4 is 0 Å². The molecule has 2 heterocycles. The standard InChI is InChI=1S/C16H21FN4/c1-20-12-13(10-19-20)5-7-21-8-6-18-11-16(21)14-3-2-4-15(17)9-14/h2-4,9-10,12,16,18H,5-8,11H2,1H3. The van der Waals surface area contributed by atoms with E-state index in [0.29, 0.717) is 0 Å². The zero-order chi connectivity index (χ0) is 14.7. The Labute approximate surface area is 124 Å². The number of piperazine rings is 1. The Kier molecular flexibility index (Phi) is 4.31. The lowest BCUT2D eigenvalue weighted by molar-refractivity contribution is 0.164. The van der Waals surface area contributed by atoms with Gasteiger partial charge in [0.15, 0.2) is 0 Å². The molecular weight excluding hydrogens is 267 g/mol. The van der Waals surface area contributed by atoms with Gasteiger partial charge in [-0.25, -0.2) is 4.39 Å². The van der Waals surface area contributed by atoms with Crippen LogP contribution in [0, 0.1) is 5.82 Å². The van der Waals surface area contributed by atoms with E-state index in [1.165, 1.54) is 11.6 Å². The Bertz CT molecular complexity index is 595. The summed E-state index contributed by atoms with van der Waals surface area (Å²) in [6, 6.07) is 7.19. The SMILES string of the molecule is Cn1cc(CCN2CCNCC2c2cccc(F)c2)cn1.